The van der Waals surface area contributed by atoms with Crippen molar-refractivity contribution in [1.82, 2.24) is 4.57 Å². The molecule has 0 unspecified atom stereocenters. The fourth-order valence-electron chi connectivity index (χ4n) is 3.14. The Kier molecular flexibility index (Phi) is 5.65. The molecule has 0 spiro atoms. The third-order valence-corrected chi connectivity index (χ3v) is 5.61. The van der Waals surface area contributed by atoms with Crippen molar-refractivity contribution in [3.63, 3.8) is 0 Å². The Balaban J connectivity index is 2.03. The van der Waals surface area contributed by atoms with Gasteiger partial charge in [-0.2, -0.15) is 4.99 Å². The number of hydrogen-bond donors (Lipinski definition) is 0. The van der Waals surface area contributed by atoms with Gasteiger partial charge in [-0.1, -0.05) is 35.1 Å². The summed E-state index contributed by atoms with van der Waals surface area (Å²) >= 11 is 1.48. The van der Waals surface area contributed by atoms with Crippen LogP contribution in [-0.2, 0) is 17.8 Å². The Bertz CT molecular complexity index is 1060. The first-order valence-electron chi connectivity index (χ1n) is 8.85. The number of rotatable bonds is 5. The van der Waals surface area contributed by atoms with E-state index in [4.69, 9.17) is 9.47 Å². The summed E-state index contributed by atoms with van der Waals surface area (Å²) < 4.78 is 13.8. The van der Waals surface area contributed by atoms with Crippen LogP contribution in [0.2, 0.25) is 0 Å². The lowest BCUT2D eigenvalue weighted by Gasteiger charge is -2.08. The van der Waals surface area contributed by atoms with Crippen LogP contribution >= 0.6 is 11.3 Å². The van der Waals surface area contributed by atoms with Crippen molar-refractivity contribution in [3.05, 3.63) is 51.8 Å². The summed E-state index contributed by atoms with van der Waals surface area (Å²) in [5.41, 5.74) is 4.31. The summed E-state index contributed by atoms with van der Waals surface area (Å²) in [6.45, 7) is 6.83. The van der Waals surface area contributed by atoms with E-state index < -0.39 is 0 Å². The highest BCUT2D eigenvalue weighted by Gasteiger charge is 2.13. The van der Waals surface area contributed by atoms with Crippen LogP contribution in [-0.4, -0.2) is 24.7 Å². The van der Waals surface area contributed by atoms with Crippen LogP contribution in [0.3, 0.4) is 0 Å². The number of benzene rings is 2. The second-order valence-corrected chi connectivity index (χ2v) is 7.43. The number of amides is 1. The Morgan fingerprint density at radius 1 is 1.11 bits per heavy atom. The maximum atomic E-state index is 12.6. The molecule has 3 aromatic rings. The fraction of sp³-hybridized carbons (Fsp3) is 0.333. The molecule has 0 radical (unpaired) electrons. The minimum absolute atomic E-state index is 0.144. The molecular weight excluding hydrogens is 360 g/mol. The number of methoxy groups -OCH3 is 2. The van der Waals surface area contributed by atoms with E-state index in [1.165, 1.54) is 16.9 Å². The number of carbonyl (C=O) groups excluding carboxylic acids is 1. The molecule has 0 fully saturated rings. The van der Waals surface area contributed by atoms with Gasteiger partial charge in [0.2, 0.25) is 0 Å². The van der Waals surface area contributed by atoms with Gasteiger partial charge in [-0.15, -0.1) is 0 Å². The standard InChI is InChI=1S/C21H24N2O3S/c1-6-23-16-11-17(25-4)18(26-5)12-19(16)27-21(23)22-20(24)10-15-8-7-13(2)9-14(15)3/h7-9,11-12H,6,10H2,1-5H3. The van der Waals surface area contributed by atoms with E-state index in [9.17, 15) is 4.79 Å². The first kappa shape index (κ1) is 19.2. The average molecular weight is 385 g/mol. The molecule has 0 saturated heterocycles. The minimum Gasteiger partial charge on any atom is -0.493 e. The summed E-state index contributed by atoms with van der Waals surface area (Å²) in [5.74, 6) is 1.19. The van der Waals surface area contributed by atoms with E-state index in [0.717, 1.165) is 21.3 Å². The van der Waals surface area contributed by atoms with E-state index in [2.05, 4.69) is 11.1 Å². The molecule has 0 aliphatic carbocycles. The number of ether oxygens (including phenoxy) is 2. The summed E-state index contributed by atoms with van der Waals surface area (Å²) in [6, 6.07) is 9.99. The molecular formula is C21H24N2O3S. The number of hydrogen-bond acceptors (Lipinski definition) is 4. The molecule has 2 aromatic carbocycles. The molecule has 1 amide bonds. The van der Waals surface area contributed by atoms with Crippen LogP contribution in [0.5, 0.6) is 11.5 Å². The van der Waals surface area contributed by atoms with Gasteiger partial charge in [-0.05, 0) is 31.9 Å². The Hall–Kier alpha value is -2.60. The van der Waals surface area contributed by atoms with Crippen LogP contribution in [0.1, 0.15) is 23.6 Å². The third-order valence-electron chi connectivity index (χ3n) is 4.56. The van der Waals surface area contributed by atoms with Crippen molar-refractivity contribution in [1.29, 1.82) is 0 Å². The van der Waals surface area contributed by atoms with E-state index in [0.29, 0.717) is 29.3 Å². The SMILES string of the molecule is CCn1c(=NC(=O)Cc2ccc(C)cc2C)sc2cc(OC)c(OC)cc21. The molecule has 1 aromatic heterocycles. The van der Waals surface area contributed by atoms with Gasteiger partial charge in [0.15, 0.2) is 16.3 Å². The number of aryl methyl sites for hydroxylation is 3. The monoisotopic (exact) mass is 384 g/mol. The number of thiazole rings is 1. The zero-order valence-corrected chi connectivity index (χ0v) is 17.1. The molecule has 6 heteroatoms. The molecule has 3 rings (SSSR count). The van der Waals surface area contributed by atoms with Gasteiger partial charge in [0.25, 0.3) is 5.91 Å². The molecule has 142 valence electrons. The maximum absolute atomic E-state index is 12.6. The number of nitrogens with zero attached hydrogens (tertiary/aromatic N) is 2. The van der Waals surface area contributed by atoms with Gasteiger partial charge in [-0.3, -0.25) is 4.79 Å². The number of aromatic nitrogens is 1. The number of carbonyl (C=O) groups is 1. The van der Waals surface area contributed by atoms with Crippen molar-refractivity contribution in [2.45, 2.75) is 33.7 Å². The second-order valence-electron chi connectivity index (χ2n) is 6.42. The van der Waals surface area contributed by atoms with E-state index >= 15 is 0 Å². The molecule has 5 nitrogen and oxygen atoms in total. The summed E-state index contributed by atoms with van der Waals surface area (Å²) in [5, 5.41) is 0. The maximum Gasteiger partial charge on any atom is 0.252 e. The summed E-state index contributed by atoms with van der Waals surface area (Å²) in [4.78, 5) is 17.7. The van der Waals surface area contributed by atoms with Crippen LogP contribution in [0.4, 0.5) is 0 Å². The highest BCUT2D eigenvalue weighted by atomic mass is 32.1. The first-order chi connectivity index (χ1) is 13.0. The van der Waals surface area contributed by atoms with E-state index in [1.54, 1.807) is 14.2 Å². The number of fused-ring (bicyclic) bond motifs is 1. The van der Waals surface area contributed by atoms with Crippen molar-refractivity contribution in [3.8, 4) is 11.5 Å². The second kappa shape index (κ2) is 7.96. The third kappa shape index (κ3) is 3.90. The predicted octanol–water partition coefficient (Wildman–Crippen LogP) is 4.03. The van der Waals surface area contributed by atoms with Crippen LogP contribution in [0, 0.1) is 13.8 Å². The van der Waals surface area contributed by atoms with Gasteiger partial charge in [0, 0.05) is 18.7 Å². The molecule has 0 aliphatic rings. The van der Waals surface area contributed by atoms with Gasteiger partial charge in [-0.25, -0.2) is 0 Å². The van der Waals surface area contributed by atoms with E-state index in [-0.39, 0.29) is 5.91 Å². The Morgan fingerprint density at radius 3 is 2.44 bits per heavy atom. The lowest BCUT2D eigenvalue weighted by Crippen LogP contribution is -2.16. The summed E-state index contributed by atoms with van der Waals surface area (Å²) in [7, 11) is 3.23. The zero-order valence-electron chi connectivity index (χ0n) is 16.3. The van der Waals surface area contributed by atoms with Crippen molar-refractivity contribution in [2.75, 3.05) is 14.2 Å². The van der Waals surface area contributed by atoms with Gasteiger partial charge < -0.3 is 14.0 Å². The topological polar surface area (TPSA) is 52.8 Å². The quantitative estimate of drug-likeness (QED) is 0.667. The van der Waals surface area contributed by atoms with Crippen LogP contribution in [0.25, 0.3) is 10.2 Å². The van der Waals surface area contributed by atoms with Gasteiger partial charge in [0.1, 0.15) is 0 Å². The highest BCUT2D eigenvalue weighted by Crippen LogP contribution is 2.33. The Morgan fingerprint density at radius 2 is 1.81 bits per heavy atom. The van der Waals surface area contributed by atoms with Crippen molar-refractivity contribution >= 4 is 27.5 Å². The smallest absolute Gasteiger partial charge is 0.252 e. The normalized spacial score (nSPS) is 11.8. The average Bonchev–Trinajstić information content (AvgIpc) is 2.98. The predicted molar refractivity (Wildman–Crippen MR) is 109 cm³/mol. The molecule has 0 bridgehead atoms. The summed E-state index contributed by atoms with van der Waals surface area (Å²) in [6.07, 6.45) is 0.302. The highest BCUT2D eigenvalue weighted by molar-refractivity contribution is 7.16. The molecule has 0 N–H and O–H groups in total. The van der Waals surface area contributed by atoms with Crippen LogP contribution in [0.15, 0.2) is 35.3 Å². The molecule has 0 saturated carbocycles. The molecule has 0 aliphatic heterocycles. The van der Waals surface area contributed by atoms with Gasteiger partial charge >= 0.3 is 0 Å². The minimum atomic E-state index is -0.144. The molecule has 1 heterocycles. The first-order valence-corrected chi connectivity index (χ1v) is 9.67. The van der Waals surface area contributed by atoms with Crippen molar-refractivity contribution in [2.24, 2.45) is 4.99 Å². The zero-order chi connectivity index (χ0) is 19.6. The molecule has 0 atom stereocenters. The fourth-order valence-corrected chi connectivity index (χ4v) is 4.26. The Labute approximate surface area is 162 Å². The van der Waals surface area contributed by atoms with Gasteiger partial charge in [0.05, 0.1) is 30.9 Å². The largest absolute Gasteiger partial charge is 0.493 e. The lowest BCUT2D eigenvalue weighted by molar-refractivity contribution is -0.117. The van der Waals surface area contributed by atoms with Crippen LogP contribution < -0.4 is 14.3 Å². The van der Waals surface area contributed by atoms with Crippen molar-refractivity contribution < 1.29 is 14.3 Å². The van der Waals surface area contributed by atoms with E-state index in [1.807, 2.05) is 49.6 Å². The molecule has 27 heavy (non-hydrogen) atoms. The lowest BCUT2D eigenvalue weighted by atomic mass is 10.0.